The average molecular weight is 480 g/mol. The fourth-order valence-electron chi connectivity index (χ4n) is 3.41. The van der Waals surface area contributed by atoms with Gasteiger partial charge in [0.15, 0.2) is 0 Å². The van der Waals surface area contributed by atoms with E-state index >= 15 is 0 Å². The van der Waals surface area contributed by atoms with Gasteiger partial charge in [-0.3, -0.25) is 9.59 Å². The van der Waals surface area contributed by atoms with Crippen LogP contribution >= 0.6 is 46.1 Å². The van der Waals surface area contributed by atoms with E-state index in [0.29, 0.717) is 27.2 Å². The predicted octanol–water partition coefficient (Wildman–Crippen LogP) is 6.94. The molecule has 4 nitrogen and oxygen atoms in total. The Morgan fingerprint density at radius 2 is 1.77 bits per heavy atom. The number of fused-ring (bicyclic) bond motifs is 1. The lowest BCUT2D eigenvalue weighted by Crippen LogP contribution is -2.31. The zero-order valence-corrected chi connectivity index (χ0v) is 18.8. The number of carbonyl (C=O) groups is 2. The molecule has 0 bridgehead atoms. The maximum atomic E-state index is 13.1. The highest BCUT2D eigenvalue weighted by Crippen LogP contribution is 2.37. The molecule has 154 valence electrons. The van der Waals surface area contributed by atoms with Gasteiger partial charge in [0.25, 0.3) is 11.8 Å². The number of nitrogens with one attached hydrogen (secondary N) is 1. The van der Waals surface area contributed by atoms with Crippen molar-refractivity contribution in [2.75, 3.05) is 16.8 Å². The second kappa shape index (κ2) is 8.98. The number of hydrogen-bond acceptors (Lipinski definition) is 3. The molecule has 0 radical (unpaired) electrons. The largest absolute Gasteiger partial charge is 0.322 e. The van der Waals surface area contributed by atoms with E-state index in [-0.39, 0.29) is 22.4 Å². The van der Waals surface area contributed by atoms with Crippen LogP contribution in [0.15, 0.2) is 48.5 Å². The second-order valence-electron chi connectivity index (χ2n) is 6.91. The molecule has 0 unspecified atom stereocenters. The first kappa shape index (κ1) is 21.2. The van der Waals surface area contributed by atoms with E-state index in [0.717, 1.165) is 29.8 Å². The number of rotatable bonds is 3. The van der Waals surface area contributed by atoms with Gasteiger partial charge >= 0.3 is 0 Å². The number of halogens is 3. The fraction of sp³-hybridized carbons (Fsp3) is 0.182. The summed E-state index contributed by atoms with van der Waals surface area (Å²) in [5.74, 6) is -0.449. The standard InChI is InChI=1S/C22H17Cl3N2O2S/c23-16-5-3-4-15(20(16)25)21(28)26-14-9-7-13(8-10-14)22(29)27-11-2-1-6-18-17(27)12-19(24)30-18/h3-5,7-10,12H,1-2,6,11H2,(H,26,28). The molecule has 0 atom stereocenters. The highest BCUT2D eigenvalue weighted by molar-refractivity contribution is 7.16. The zero-order chi connectivity index (χ0) is 21.3. The van der Waals surface area contributed by atoms with Gasteiger partial charge in [-0.15, -0.1) is 11.3 Å². The second-order valence-corrected chi connectivity index (χ2v) is 9.46. The zero-order valence-electron chi connectivity index (χ0n) is 15.8. The van der Waals surface area contributed by atoms with Gasteiger partial charge in [0.1, 0.15) is 0 Å². The van der Waals surface area contributed by atoms with E-state index in [1.165, 1.54) is 11.3 Å². The van der Waals surface area contributed by atoms with Crippen LogP contribution in [0, 0.1) is 0 Å². The first-order valence-electron chi connectivity index (χ1n) is 9.39. The summed E-state index contributed by atoms with van der Waals surface area (Å²) >= 11 is 19.8. The van der Waals surface area contributed by atoms with E-state index in [4.69, 9.17) is 34.8 Å². The highest BCUT2D eigenvalue weighted by atomic mass is 35.5. The molecule has 1 aliphatic rings. The van der Waals surface area contributed by atoms with Gasteiger partial charge in [0.05, 0.1) is 25.6 Å². The first-order chi connectivity index (χ1) is 14.4. The number of anilines is 2. The molecule has 1 aromatic heterocycles. The highest BCUT2D eigenvalue weighted by Gasteiger charge is 2.24. The molecule has 2 heterocycles. The lowest BCUT2D eigenvalue weighted by Gasteiger charge is -2.21. The van der Waals surface area contributed by atoms with Crippen LogP contribution in [-0.2, 0) is 6.42 Å². The third-order valence-electron chi connectivity index (χ3n) is 4.91. The van der Waals surface area contributed by atoms with E-state index in [9.17, 15) is 9.59 Å². The summed E-state index contributed by atoms with van der Waals surface area (Å²) in [4.78, 5) is 28.6. The Morgan fingerprint density at radius 3 is 2.53 bits per heavy atom. The molecule has 0 aliphatic carbocycles. The van der Waals surface area contributed by atoms with Crippen molar-refractivity contribution in [3.8, 4) is 0 Å². The van der Waals surface area contributed by atoms with Gasteiger partial charge < -0.3 is 10.2 Å². The average Bonchev–Trinajstić information content (AvgIpc) is 2.99. The molecule has 2 amide bonds. The van der Waals surface area contributed by atoms with Crippen LogP contribution in [0.4, 0.5) is 11.4 Å². The van der Waals surface area contributed by atoms with Gasteiger partial charge in [0.2, 0.25) is 0 Å². The third kappa shape index (κ3) is 4.35. The fourth-order valence-corrected chi connectivity index (χ4v) is 5.11. The maximum absolute atomic E-state index is 13.1. The van der Waals surface area contributed by atoms with Crippen LogP contribution in [-0.4, -0.2) is 18.4 Å². The minimum Gasteiger partial charge on any atom is -0.322 e. The lowest BCUT2D eigenvalue weighted by atomic mass is 10.1. The molecule has 0 saturated carbocycles. The van der Waals surface area contributed by atoms with Crippen LogP contribution in [0.2, 0.25) is 14.4 Å². The molecule has 0 spiro atoms. The monoisotopic (exact) mass is 478 g/mol. The minimum atomic E-state index is -0.369. The number of aryl methyl sites for hydroxylation is 1. The quantitative estimate of drug-likeness (QED) is 0.442. The Hall–Kier alpha value is -2.05. The molecule has 8 heteroatoms. The lowest BCUT2D eigenvalue weighted by molar-refractivity contribution is 0.0986. The Bertz CT molecular complexity index is 1110. The van der Waals surface area contributed by atoms with Gasteiger partial charge in [0, 0.05) is 22.7 Å². The van der Waals surface area contributed by atoms with Crippen molar-refractivity contribution in [2.45, 2.75) is 19.3 Å². The van der Waals surface area contributed by atoms with Gasteiger partial charge in [-0.2, -0.15) is 0 Å². The number of nitrogens with zero attached hydrogens (tertiary/aromatic N) is 1. The number of amides is 2. The molecular weight excluding hydrogens is 463 g/mol. The van der Waals surface area contributed by atoms with Crippen molar-refractivity contribution in [1.29, 1.82) is 0 Å². The van der Waals surface area contributed by atoms with Crippen molar-refractivity contribution < 1.29 is 9.59 Å². The molecule has 1 aliphatic heterocycles. The number of thiophene rings is 1. The van der Waals surface area contributed by atoms with Gasteiger partial charge in [-0.25, -0.2) is 0 Å². The summed E-state index contributed by atoms with van der Waals surface area (Å²) in [7, 11) is 0. The third-order valence-corrected chi connectivity index (χ3v) is 7.05. The summed E-state index contributed by atoms with van der Waals surface area (Å²) in [6.07, 6.45) is 2.91. The van der Waals surface area contributed by atoms with Crippen LogP contribution in [0.5, 0.6) is 0 Å². The Kier molecular flexibility index (Phi) is 6.34. The predicted molar refractivity (Wildman–Crippen MR) is 125 cm³/mol. The molecule has 4 rings (SSSR count). The van der Waals surface area contributed by atoms with Crippen LogP contribution in [0.25, 0.3) is 0 Å². The van der Waals surface area contributed by atoms with Gasteiger partial charge in [-0.05, 0) is 61.7 Å². The van der Waals surface area contributed by atoms with Crippen molar-refractivity contribution >= 4 is 69.3 Å². The summed E-state index contributed by atoms with van der Waals surface area (Å²) < 4.78 is 0.692. The molecule has 1 N–H and O–H groups in total. The molecule has 0 fully saturated rings. The topological polar surface area (TPSA) is 49.4 Å². The van der Waals surface area contributed by atoms with E-state index in [1.807, 2.05) is 6.07 Å². The van der Waals surface area contributed by atoms with Crippen molar-refractivity contribution in [1.82, 2.24) is 0 Å². The SMILES string of the molecule is O=C(Nc1ccc(C(=O)N2CCCCc3sc(Cl)cc32)cc1)c1cccc(Cl)c1Cl. The molecule has 2 aromatic carbocycles. The first-order valence-corrected chi connectivity index (χ1v) is 11.3. The Labute approximate surface area is 193 Å². The number of benzene rings is 2. The van der Waals surface area contributed by atoms with Crippen molar-refractivity contribution in [3.63, 3.8) is 0 Å². The number of carbonyl (C=O) groups excluding carboxylic acids is 2. The van der Waals surface area contributed by atoms with Crippen molar-refractivity contribution in [3.05, 3.63) is 78.9 Å². The van der Waals surface area contributed by atoms with Crippen LogP contribution < -0.4 is 10.2 Å². The van der Waals surface area contributed by atoms with E-state index in [2.05, 4.69) is 5.32 Å². The Morgan fingerprint density at radius 1 is 1.00 bits per heavy atom. The van der Waals surface area contributed by atoms with E-state index in [1.54, 1.807) is 47.4 Å². The number of hydrogen-bond donors (Lipinski definition) is 1. The minimum absolute atomic E-state index is 0.0802. The maximum Gasteiger partial charge on any atom is 0.258 e. The van der Waals surface area contributed by atoms with Crippen LogP contribution in [0.1, 0.15) is 38.4 Å². The molecular formula is C22H17Cl3N2O2S. The van der Waals surface area contributed by atoms with Crippen LogP contribution in [0.3, 0.4) is 0 Å². The van der Waals surface area contributed by atoms with E-state index < -0.39 is 0 Å². The summed E-state index contributed by atoms with van der Waals surface area (Å²) in [5, 5.41) is 3.30. The van der Waals surface area contributed by atoms with Gasteiger partial charge in [-0.1, -0.05) is 40.9 Å². The van der Waals surface area contributed by atoms with Crippen molar-refractivity contribution in [2.24, 2.45) is 0 Å². The normalized spacial score (nSPS) is 13.5. The smallest absolute Gasteiger partial charge is 0.258 e. The summed E-state index contributed by atoms with van der Waals surface area (Å²) in [5.41, 5.74) is 2.29. The molecule has 0 saturated heterocycles. The molecule has 30 heavy (non-hydrogen) atoms. The summed E-state index contributed by atoms with van der Waals surface area (Å²) in [6.45, 7) is 0.657. The summed E-state index contributed by atoms with van der Waals surface area (Å²) in [6, 6.07) is 13.6. The Balaban J connectivity index is 1.51. The molecule has 3 aromatic rings.